The van der Waals surface area contributed by atoms with E-state index >= 15 is 0 Å². The van der Waals surface area contributed by atoms with Crippen molar-refractivity contribution in [3.8, 4) is 11.5 Å². The quantitative estimate of drug-likeness (QED) is 0.664. The minimum absolute atomic E-state index is 0.0446. The topological polar surface area (TPSA) is 96.2 Å². The van der Waals surface area contributed by atoms with Crippen LogP contribution in [-0.4, -0.2) is 46.2 Å². The Morgan fingerprint density at radius 2 is 2.10 bits per heavy atom. The number of carbonyl (C=O) groups is 1. The smallest absolute Gasteiger partial charge is 0.343 e. The highest BCUT2D eigenvalue weighted by Crippen LogP contribution is 2.47. The zero-order chi connectivity index (χ0) is 15.4. The van der Waals surface area contributed by atoms with Gasteiger partial charge in [0, 0.05) is 23.6 Å². The van der Waals surface area contributed by atoms with Gasteiger partial charge in [-0.15, -0.1) is 0 Å². The number of hydrogen-bond donors (Lipinski definition) is 3. The molecule has 112 valence electrons. The van der Waals surface area contributed by atoms with Gasteiger partial charge >= 0.3 is 5.97 Å². The van der Waals surface area contributed by atoms with Gasteiger partial charge in [0.2, 0.25) is 0 Å². The summed E-state index contributed by atoms with van der Waals surface area (Å²) in [5.41, 5.74) is 0.0189. The Labute approximate surface area is 121 Å². The molecule has 2 aliphatic rings. The third-order valence-corrected chi connectivity index (χ3v) is 4.04. The van der Waals surface area contributed by atoms with Gasteiger partial charge in [-0.25, -0.2) is 4.79 Å². The highest BCUT2D eigenvalue weighted by Gasteiger charge is 2.47. The van der Waals surface area contributed by atoms with Crippen molar-refractivity contribution in [1.82, 2.24) is 0 Å². The molecule has 3 atom stereocenters. The average Bonchev–Trinajstić information content (AvgIpc) is 2.40. The molecule has 1 aliphatic carbocycles. The first-order chi connectivity index (χ1) is 9.85. The number of phenolic OH excluding ortho intramolecular Hbond substituents is 1. The van der Waals surface area contributed by atoms with Crippen LogP contribution in [0.4, 0.5) is 0 Å². The van der Waals surface area contributed by atoms with Gasteiger partial charge < -0.3 is 24.8 Å². The highest BCUT2D eigenvalue weighted by molar-refractivity contribution is 6.03. The number of methoxy groups -OCH3 is 1. The van der Waals surface area contributed by atoms with Crippen molar-refractivity contribution in [2.75, 3.05) is 7.11 Å². The molecule has 1 aromatic carbocycles. The van der Waals surface area contributed by atoms with Crippen LogP contribution in [-0.2, 0) is 4.74 Å². The molecule has 0 saturated heterocycles. The molecule has 6 nitrogen and oxygen atoms in total. The van der Waals surface area contributed by atoms with E-state index in [9.17, 15) is 20.1 Å². The summed E-state index contributed by atoms with van der Waals surface area (Å²) in [5.74, 6) is -0.504. The number of benzene rings is 1. The van der Waals surface area contributed by atoms with Crippen molar-refractivity contribution in [2.24, 2.45) is 0 Å². The van der Waals surface area contributed by atoms with Crippen LogP contribution in [0, 0.1) is 0 Å². The molecule has 1 aromatic rings. The van der Waals surface area contributed by atoms with Crippen LogP contribution in [0.5, 0.6) is 11.5 Å². The predicted molar refractivity (Wildman–Crippen MR) is 73.1 cm³/mol. The molecule has 21 heavy (non-hydrogen) atoms. The zero-order valence-electron chi connectivity index (χ0n) is 11.7. The molecule has 0 bridgehead atoms. The summed E-state index contributed by atoms with van der Waals surface area (Å²) < 4.78 is 10.5. The van der Waals surface area contributed by atoms with Gasteiger partial charge in [-0.3, -0.25) is 0 Å². The van der Waals surface area contributed by atoms with Crippen molar-refractivity contribution in [1.29, 1.82) is 0 Å². The zero-order valence-corrected chi connectivity index (χ0v) is 11.7. The Bertz CT molecular complexity index is 650. The highest BCUT2D eigenvalue weighted by atomic mass is 16.6. The molecule has 0 amide bonds. The van der Waals surface area contributed by atoms with Crippen molar-refractivity contribution in [2.45, 2.75) is 31.2 Å². The van der Waals surface area contributed by atoms with Gasteiger partial charge in [0.05, 0.1) is 19.3 Å². The second-order valence-corrected chi connectivity index (χ2v) is 5.53. The van der Waals surface area contributed by atoms with Crippen LogP contribution >= 0.6 is 0 Å². The number of aromatic hydroxyl groups is 1. The third-order valence-electron chi connectivity index (χ3n) is 4.04. The van der Waals surface area contributed by atoms with Crippen molar-refractivity contribution in [3.63, 3.8) is 0 Å². The van der Waals surface area contributed by atoms with E-state index in [-0.39, 0.29) is 17.7 Å². The normalized spacial score (nSPS) is 30.9. The summed E-state index contributed by atoms with van der Waals surface area (Å²) in [6.07, 6.45) is -0.514. The molecule has 0 saturated carbocycles. The Morgan fingerprint density at radius 1 is 1.38 bits per heavy atom. The lowest BCUT2D eigenvalue weighted by Crippen LogP contribution is -2.47. The molecule has 0 spiro atoms. The summed E-state index contributed by atoms with van der Waals surface area (Å²) in [7, 11) is 1.45. The fourth-order valence-corrected chi connectivity index (χ4v) is 2.96. The fourth-order valence-electron chi connectivity index (χ4n) is 2.96. The number of ether oxygens (including phenoxy) is 2. The molecule has 0 aromatic heterocycles. The third kappa shape index (κ3) is 1.99. The Hall–Kier alpha value is -2.05. The Balaban J connectivity index is 2.26. The number of esters is 1. The van der Waals surface area contributed by atoms with Crippen LogP contribution in [0.1, 0.15) is 29.3 Å². The number of phenols is 1. The lowest BCUT2D eigenvalue weighted by atomic mass is 9.75. The first-order valence-electron chi connectivity index (χ1n) is 6.59. The van der Waals surface area contributed by atoms with Crippen molar-refractivity contribution in [3.05, 3.63) is 29.3 Å². The second-order valence-electron chi connectivity index (χ2n) is 5.53. The van der Waals surface area contributed by atoms with Crippen molar-refractivity contribution < 1.29 is 29.6 Å². The Kier molecular flexibility index (Phi) is 2.96. The summed E-state index contributed by atoms with van der Waals surface area (Å²) in [4.78, 5) is 12.2. The van der Waals surface area contributed by atoms with E-state index in [1.54, 1.807) is 13.0 Å². The molecule has 0 fully saturated rings. The lowest BCUT2D eigenvalue weighted by molar-refractivity contribution is -0.0387. The molecule has 0 unspecified atom stereocenters. The number of aliphatic hydroxyl groups excluding tert-OH is 2. The first kappa shape index (κ1) is 13.9. The van der Waals surface area contributed by atoms with E-state index in [4.69, 9.17) is 9.47 Å². The minimum atomic E-state index is -1.05. The maximum absolute atomic E-state index is 12.2. The van der Waals surface area contributed by atoms with Gasteiger partial charge in [-0.05, 0) is 19.1 Å². The second kappa shape index (κ2) is 4.47. The molecule has 0 radical (unpaired) electrons. The molecule has 6 heteroatoms. The molecule has 1 heterocycles. The van der Waals surface area contributed by atoms with Gasteiger partial charge in [-0.2, -0.15) is 0 Å². The van der Waals surface area contributed by atoms with Gasteiger partial charge in [0.15, 0.2) is 0 Å². The van der Waals surface area contributed by atoms with Crippen LogP contribution in [0.3, 0.4) is 0 Å². The SMILES string of the molecule is COc1cc(O)c2c(c1)C1=C[C@H](O)[C@@H](O)C[C@@]1(C)OC2=O. The predicted octanol–water partition coefficient (Wildman–Crippen LogP) is 0.839. The van der Waals surface area contributed by atoms with Crippen LogP contribution < -0.4 is 4.74 Å². The van der Waals surface area contributed by atoms with E-state index in [1.165, 1.54) is 19.3 Å². The maximum atomic E-state index is 12.2. The van der Waals surface area contributed by atoms with E-state index < -0.39 is 23.8 Å². The first-order valence-corrected chi connectivity index (χ1v) is 6.59. The number of aliphatic hydroxyl groups is 2. The van der Waals surface area contributed by atoms with Gasteiger partial charge in [0.25, 0.3) is 0 Å². The molecule has 3 rings (SSSR count). The number of hydrogen-bond acceptors (Lipinski definition) is 6. The van der Waals surface area contributed by atoms with Crippen LogP contribution in [0.25, 0.3) is 5.57 Å². The molecule has 3 N–H and O–H groups in total. The molecular weight excluding hydrogens is 276 g/mol. The molecular formula is C15H16O6. The average molecular weight is 292 g/mol. The van der Waals surface area contributed by atoms with E-state index in [0.29, 0.717) is 16.9 Å². The number of rotatable bonds is 1. The lowest BCUT2D eigenvalue weighted by Gasteiger charge is -2.42. The van der Waals surface area contributed by atoms with E-state index in [1.807, 2.05) is 0 Å². The Morgan fingerprint density at radius 3 is 2.76 bits per heavy atom. The van der Waals surface area contributed by atoms with Crippen molar-refractivity contribution >= 4 is 11.5 Å². The summed E-state index contributed by atoms with van der Waals surface area (Å²) in [6.45, 7) is 1.67. The van der Waals surface area contributed by atoms with Gasteiger partial charge in [0.1, 0.15) is 22.7 Å². The van der Waals surface area contributed by atoms with Crippen LogP contribution in [0.2, 0.25) is 0 Å². The maximum Gasteiger partial charge on any atom is 0.343 e. The summed E-state index contributed by atoms with van der Waals surface area (Å²) in [5, 5.41) is 29.7. The standard InChI is InChI=1S/C15H16O6/c1-15-6-12(18)10(16)5-9(15)8-3-7(20-2)4-11(17)13(8)14(19)21-15/h3-5,10,12,16-18H,6H2,1-2H3/t10-,12-,15+/m0/s1. The van der Waals surface area contributed by atoms with Gasteiger partial charge in [-0.1, -0.05) is 0 Å². The molecule has 1 aliphatic heterocycles. The van der Waals surface area contributed by atoms with Crippen LogP contribution in [0.15, 0.2) is 18.2 Å². The van der Waals surface area contributed by atoms with E-state index in [0.717, 1.165) is 0 Å². The largest absolute Gasteiger partial charge is 0.507 e. The summed E-state index contributed by atoms with van der Waals surface area (Å²) >= 11 is 0. The minimum Gasteiger partial charge on any atom is -0.507 e. The van der Waals surface area contributed by atoms with E-state index in [2.05, 4.69) is 0 Å². The fraction of sp³-hybridized carbons (Fsp3) is 0.400. The number of fused-ring (bicyclic) bond motifs is 3. The monoisotopic (exact) mass is 292 g/mol. The summed E-state index contributed by atoms with van der Waals surface area (Å²) in [6, 6.07) is 2.95. The number of carbonyl (C=O) groups excluding carboxylic acids is 1.